The molecule has 0 bridgehead atoms. The molecule has 0 saturated carbocycles. The van der Waals surface area contributed by atoms with Gasteiger partial charge in [0.15, 0.2) is 0 Å². The van der Waals surface area contributed by atoms with Crippen molar-refractivity contribution in [1.29, 1.82) is 0 Å². The topological polar surface area (TPSA) is 26.3 Å². The first-order valence-corrected chi connectivity index (χ1v) is 7.86. The van der Waals surface area contributed by atoms with Crippen LogP contribution in [0.3, 0.4) is 0 Å². The molecule has 0 aliphatic carbocycles. The predicted octanol–water partition coefficient (Wildman–Crippen LogP) is 6.00. The molecule has 22 heavy (non-hydrogen) atoms. The van der Waals surface area contributed by atoms with Crippen LogP contribution in [0.15, 0.2) is 42.5 Å². The molecule has 116 valence electrons. The van der Waals surface area contributed by atoms with Crippen LogP contribution in [0.25, 0.3) is 11.1 Å². The van der Waals surface area contributed by atoms with E-state index in [4.69, 9.17) is 27.9 Å². The Morgan fingerprint density at radius 1 is 1.00 bits per heavy atom. The van der Waals surface area contributed by atoms with Gasteiger partial charge in [0, 0.05) is 10.0 Å². The maximum Gasteiger partial charge on any atom is 0.316 e. The van der Waals surface area contributed by atoms with Crippen LogP contribution >= 0.6 is 23.2 Å². The molecular weight excluding hydrogens is 319 g/mol. The number of ether oxygens (including phenoxy) is 1. The van der Waals surface area contributed by atoms with Crippen LogP contribution in [0.4, 0.5) is 0 Å². The molecule has 0 unspecified atom stereocenters. The number of benzene rings is 2. The highest BCUT2D eigenvalue weighted by Crippen LogP contribution is 2.29. The minimum absolute atomic E-state index is 0.228. The van der Waals surface area contributed by atoms with Crippen LogP contribution in [0, 0.1) is 5.41 Å². The van der Waals surface area contributed by atoms with E-state index in [9.17, 15) is 4.79 Å². The Morgan fingerprint density at radius 2 is 1.55 bits per heavy atom. The van der Waals surface area contributed by atoms with Crippen molar-refractivity contribution in [2.75, 3.05) is 0 Å². The van der Waals surface area contributed by atoms with Crippen molar-refractivity contribution in [2.24, 2.45) is 5.41 Å². The van der Waals surface area contributed by atoms with Crippen molar-refractivity contribution in [3.63, 3.8) is 0 Å². The zero-order valence-electron chi connectivity index (χ0n) is 12.8. The third kappa shape index (κ3) is 4.02. The van der Waals surface area contributed by atoms with Gasteiger partial charge in [-0.2, -0.15) is 0 Å². The van der Waals surface area contributed by atoms with E-state index in [1.54, 1.807) is 18.2 Å². The summed E-state index contributed by atoms with van der Waals surface area (Å²) in [6, 6.07) is 12.7. The van der Waals surface area contributed by atoms with Gasteiger partial charge in [0.05, 0.1) is 5.41 Å². The maximum absolute atomic E-state index is 12.1. The summed E-state index contributed by atoms with van der Waals surface area (Å²) in [7, 11) is 0. The second kappa shape index (κ2) is 6.72. The first-order chi connectivity index (χ1) is 10.3. The summed E-state index contributed by atoms with van der Waals surface area (Å²) in [6.45, 7) is 5.71. The average molecular weight is 337 g/mol. The molecule has 0 spiro atoms. The third-order valence-corrected chi connectivity index (χ3v) is 4.13. The zero-order valence-corrected chi connectivity index (χ0v) is 14.3. The summed E-state index contributed by atoms with van der Waals surface area (Å²) in [4.78, 5) is 12.1. The normalized spacial score (nSPS) is 11.3. The lowest BCUT2D eigenvalue weighted by atomic mass is 9.91. The second-order valence-corrected chi connectivity index (χ2v) is 6.68. The summed E-state index contributed by atoms with van der Waals surface area (Å²) >= 11 is 12.0. The lowest BCUT2D eigenvalue weighted by Crippen LogP contribution is -2.28. The van der Waals surface area contributed by atoms with Gasteiger partial charge in [-0.1, -0.05) is 42.3 Å². The monoisotopic (exact) mass is 336 g/mol. The molecule has 0 aliphatic heterocycles. The second-order valence-electron chi connectivity index (χ2n) is 5.81. The summed E-state index contributed by atoms with van der Waals surface area (Å²) < 4.78 is 5.42. The van der Waals surface area contributed by atoms with Crippen LogP contribution in [-0.4, -0.2) is 5.97 Å². The molecule has 0 saturated heterocycles. The fraction of sp³-hybridized carbons (Fsp3) is 0.278. The lowest BCUT2D eigenvalue weighted by Gasteiger charge is -2.20. The smallest absolute Gasteiger partial charge is 0.316 e. The minimum Gasteiger partial charge on any atom is -0.426 e. The molecule has 0 fully saturated rings. The van der Waals surface area contributed by atoms with Gasteiger partial charge in [-0.25, -0.2) is 0 Å². The molecular formula is C18H18Cl2O2. The molecule has 0 aromatic heterocycles. The number of hydrogen-bond donors (Lipinski definition) is 0. The van der Waals surface area contributed by atoms with Crippen molar-refractivity contribution in [3.05, 3.63) is 52.5 Å². The van der Waals surface area contributed by atoms with Crippen molar-refractivity contribution >= 4 is 29.2 Å². The number of halogens is 2. The number of carbonyl (C=O) groups excluding carboxylic acids is 1. The van der Waals surface area contributed by atoms with Gasteiger partial charge in [0.2, 0.25) is 0 Å². The van der Waals surface area contributed by atoms with Gasteiger partial charge < -0.3 is 4.74 Å². The highest BCUT2D eigenvalue weighted by molar-refractivity contribution is 6.35. The Morgan fingerprint density at radius 3 is 2.05 bits per heavy atom. The molecule has 4 heteroatoms. The highest BCUT2D eigenvalue weighted by atomic mass is 35.5. The van der Waals surface area contributed by atoms with Crippen LogP contribution < -0.4 is 4.74 Å². The predicted molar refractivity (Wildman–Crippen MR) is 91.6 cm³/mol. The molecule has 0 aliphatic rings. The SMILES string of the molecule is CCC(C)(C)C(=O)Oc1ccc(-c2cc(Cl)cc(Cl)c2)cc1. The van der Waals surface area contributed by atoms with E-state index >= 15 is 0 Å². The van der Waals surface area contributed by atoms with E-state index in [2.05, 4.69) is 0 Å². The first-order valence-electron chi connectivity index (χ1n) is 7.10. The van der Waals surface area contributed by atoms with Gasteiger partial charge >= 0.3 is 5.97 Å². The van der Waals surface area contributed by atoms with Crippen molar-refractivity contribution in [1.82, 2.24) is 0 Å². The molecule has 2 nitrogen and oxygen atoms in total. The number of hydrogen-bond acceptors (Lipinski definition) is 2. The fourth-order valence-electron chi connectivity index (χ4n) is 1.83. The lowest BCUT2D eigenvalue weighted by molar-refractivity contribution is -0.144. The number of carbonyl (C=O) groups is 1. The Kier molecular flexibility index (Phi) is 5.15. The molecule has 0 radical (unpaired) electrons. The third-order valence-electron chi connectivity index (χ3n) is 3.70. The molecule has 2 aromatic carbocycles. The van der Waals surface area contributed by atoms with Crippen LogP contribution in [0.5, 0.6) is 5.75 Å². The van der Waals surface area contributed by atoms with Crippen molar-refractivity contribution in [2.45, 2.75) is 27.2 Å². The van der Waals surface area contributed by atoms with Gasteiger partial charge in [-0.3, -0.25) is 4.79 Å². The largest absolute Gasteiger partial charge is 0.426 e. The van der Waals surface area contributed by atoms with E-state index in [0.29, 0.717) is 15.8 Å². The Labute approximate surface area is 141 Å². The quantitative estimate of drug-likeness (QED) is 0.505. The Hall–Kier alpha value is -1.51. The molecule has 0 amide bonds. The van der Waals surface area contributed by atoms with E-state index in [0.717, 1.165) is 17.5 Å². The Bertz CT molecular complexity index is 656. The number of esters is 1. The summed E-state index contributed by atoms with van der Waals surface area (Å²) in [5.74, 6) is 0.303. The highest BCUT2D eigenvalue weighted by Gasteiger charge is 2.27. The molecule has 0 heterocycles. The van der Waals surface area contributed by atoms with E-state index < -0.39 is 5.41 Å². The van der Waals surface area contributed by atoms with Gasteiger partial charge in [-0.05, 0) is 61.7 Å². The standard InChI is InChI=1S/C18H18Cl2O2/c1-4-18(2,3)17(21)22-16-7-5-12(6-8-16)13-9-14(19)11-15(20)10-13/h5-11H,4H2,1-3H3. The molecule has 2 rings (SSSR count). The number of rotatable bonds is 4. The fourth-order valence-corrected chi connectivity index (χ4v) is 2.35. The van der Waals surface area contributed by atoms with Crippen molar-refractivity contribution in [3.8, 4) is 16.9 Å². The summed E-state index contributed by atoms with van der Waals surface area (Å²) in [5, 5.41) is 1.17. The van der Waals surface area contributed by atoms with Crippen LogP contribution in [-0.2, 0) is 4.79 Å². The van der Waals surface area contributed by atoms with Crippen LogP contribution in [0.2, 0.25) is 10.0 Å². The van der Waals surface area contributed by atoms with Gasteiger partial charge in [0.1, 0.15) is 5.75 Å². The van der Waals surface area contributed by atoms with Gasteiger partial charge in [-0.15, -0.1) is 0 Å². The molecule has 0 N–H and O–H groups in total. The van der Waals surface area contributed by atoms with Crippen LogP contribution in [0.1, 0.15) is 27.2 Å². The van der Waals surface area contributed by atoms with E-state index in [1.165, 1.54) is 0 Å². The minimum atomic E-state index is -0.487. The summed E-state index contributed by atoms with van der Waals surface area (Å²) in [5.41, 5.74) is 1.39. The van der Waals surface area contributed by atoms with E-state index in [1.807, 2.05) is 45.0 Å². The Balaban J connectivity index is 2.19. The van der Waals surface area contributed by atoms with Gasteiger partial charge in [0.25, 0.3) is 0 Å². The molecule has 2 aromatic rings. The zero-order chi connectivity index (χ0) is 16.3. The summed E-state index contributed by atoms with van der Waals surface area (Å²) in [6.07, 6.45) is 0.727. The average Bonchev–Trinajstić information content (AvgIpc) is 2.47. The van der Waals surface area contributed by atoms with Crippen molar-refractivity contribution < 1.29 is 9.53 Å². The first kappa shape index (κ1) is 16.9. The maximum atomic E-state index is 12.1. The van der Waals surface area contributed by atoms with E-state index in [-0.39, 0.29) is 5.97 Å². The molecule has 0 atom stereocenters.